The molecular formula is C28H28F2N4O5. The van der Waals surface area contributed by atoms with E-state index in [9.17, 15) is 28.3 Å². The molecule has 0 saturated carbocycles. The molecule has 1 fully saturated rings. The Bertz CT molecular complexity index is 1400. The van der Waals surface area contributed by atoms with Gasteiger partial charge in [0.1, 0.15) is 18.2 Å². The van der Waals surface area contributed by atoms with E-state index in [2.05, 4.69) is 5.10 Å². The molecule has 2 aromatic carbocycles. The Morgan fingerprint density at radius 2 is 1.69 bits per heavy atom. The molecule has 1 unspecified atom stereocenters. The normalized spacial score (nSPS) is 19.0. The number of amides is 2. The molecule has 0 aliphatic carbocycles. The molecule has 0 radical (unpaired) electrons. The van der Waals surface area contributed by atoms with Crippen LogP contribution < -0.4 is 10.2 Å². The van der Waals surface area contributed by atoms with Crippen molar-refractivity contribution in [1.29, 1.82) is 0 Å². The van der Waals surface area contributed by atoms with Crippen LogP contribution in [0, 0.1) is 11.6 Å². The highest BCUT2D eigenvalue weighted by molar-refractivity contribution is 5.96. The summed E-state index contributed by atoms with van der Waals surface area (Å²) in [6, 6.07) is 10.6. The van der Waals surface area contributed by atoms with Crippen LogP contribution in [0.5, 0.6) is 5.75 Å². The Morgan fingerprint density at radius 1 is 1.10 bits per heavy atom. The number of halogens is 2. The standard InChI is InChI=1S/C28H28F2N4O5/c1-16(32(2)28(37)38)15-39-26-22(35)14-31-34-24(21-4-3-13-33(21)27(36)25(26)34)23(17-5-9-19(29)10-6-17)18-7-11-20(30)12-8-18/h5-12,14,16,21,23-24H,3-4,13,15H2,1-2H3,(H,37,38)/t16?,21-,24-/m1/s1. The van der Waals surface area contributed by atoms with Crippen molar-refractivity contribution in [3.05, 3.63) is 93.4 Å². The predicted octanol–water partition coefficient (Wildman–Crippen LogP) is 3.89. The second-order valence-corrected chi connectivity index (χ2v) is 9.96. The van der Waals surface area contributed by atoms with Crippen molar-refractivity contribution >= 4 is 12.0 Å². The zero-order valence-electron chi connectivity index (χ0n) is 21.5. The molecule has 2 aliphatic rings. The van der Waals surface area contributed by atoms with Crippen molar-refractivity contribution in [2.24, 2.45) is 0 Å². The molecule has 3 heterocycles. The summed E-state index contributed by atoms with van der Waals surface area (Å²) in [5.41, 5.74) is 0.848. The van der Waals surface area contributed by atoms with Crippen LogP contribution in [0.15, 0.2) is 59.5 Å². The number of hydrogen-bond donors (Lipinski definition) is 1. The maximum atomic E-state index is 13.9. The highest BCUT2D eigenvalue weighted by Gasteiger charge is 2.48. The summed E-state index contributed by atoms with van der Waals surface area (Å²) in [7, 11) is 1.39. The molecule has 39 heavy (non-hydrogen) atoms. The molecule has 2 amide bonds. The Balaban J connectivity index is 1.66. The van der Waals surface area contributed by atoms with Crippen LogP contribution in [0.25, 0.3) is 0 Å². The molecule has 204 valence electrons. The summed E-state index contributed by atoms with van der Waals surface area (Å²) in [6.07, 6.45) is 1.35. The predicted molar refractivity (Wildman–Crippen MR) is 137 cm³/mol. The first-order valence-electron chi connectivity index (χ1n) is 12.7. The average molecular weight is 539 g/mol. The summed E-state index contributed by atoms with van der Waals surface area (Å²) >= 11 is 0. The van der Waals surface area contributed by atoms with Gasteiger partial charge >= 0.3 is 6.09 Å². The van der Waals surface area contributed by atoms with E-state index in [1.54, 1.807) is 36.1 Å². The van der Waals surface area contributed by atoms with E-state index in [1.807, 2.05) is 0 Å². The second-order valence-electron chi connectivity index (χ2n) is 9.96. The van der Waals surface area contributed by atoms with Gasteiger partial charge in [-0.25, -0.2) is 13.6 Å². The van der Waals surface area contributed by atoms with Gasteiger partial charge < -0.3 is 19.6 Å². The van der Waals surface area contributed by atoms with Crippen molar-refractivity contribution in [3.8, 4) is 5.75 Å². The van der Waals surface area contributed by atoms with Crippen LogP contribution >= 0.6 is 0 Å². The minimum atomic E-state index is -1.16. The summed E-state index contributed by atoms with van der Waals surface area (Å²) in [5, 5.41) is 13.7. The van der Waals surface area contributed by atoms with Gasteiger partial charge in [0.25, 0.3) is 5.91 Å². The maximum absolute atomic E-state index is 13.9. The van der Waals surface area contributed by atoms with E-state index < -0.39 is 47.1 Å². The van der Waals surface area contributed by atoms with Crippen molar-refractivity contribution in [1.82, 2.24) is 19.6 Å². The topological polar surface area (TPSA) is 105 Å². The number of carbonyl (C=O) groups excluding carboxylic acids is 1. The van der Waals surface area contributed by atoms with Gasteiger partial charge in [-0.3, -0.25) is 14.3 Å². The minimum Gasteiger partial charge on any atom is -0.485 e. The number of nitrogens with zero attached hydrogens (tertiary/aromatic N) is 4. The van der Waals surface area contributed by atoms with E-state index in [1.165, 1.54) is 36.0 Å². The van der Waals surface area contributed by atoms with Gasteiger partial charge in [-0.15, -0.1) is 0 Å². The van der Waals surface area contributed by atoms with Gasteiger partial charge in [0.05, 0.1) is 24.3 Å². The number of aromatic nitrogens is 2. The van der Waals surface area contributed by atoms with E-state index in [0.717, 1.165) is 28.6 Å². The van der Waals surface area contributed by atoms with Gasteiger partial charge in [0, 0.05) is 19.5 Å². The minimum absolute atomic E-state index is 0.0231. The molecule has 5 rings (SSSR count). The Labute approximate surface area is 223 Å². The van der Waals surface area contributed by atoms with Crippen LogP contribution in [0.1, 0.15) is 53.3 Å². The molecule has 1 N–H and O–H groups in total. The van der Waals surface area contributed by atoms with Crippen LogP contribution in [0.2, 0.25) is 0 Å². The van der Waals surface area contributed by atoms with E-state index in [4.69, 9.17) is 4.74 Å². The number of likely N-dealkylation sites (N-methyl/N-ethyl adjacent to an activating group) is 1. The first-order valence-corrected chi connectivity index (χ1v) is 12.7. The number of benzene rings is 2. The number of hydrogen-bond acceptors (Lipinski definition) is 5. The van der Waals surface area contributed by atoms with Crippen molar-refractivity contribution in [3.63, 3.8) is 0 Å². The van der Waals surface area contributed by atoms with Gasteiger partial charge in [0.15, 0.2) is 11.4 Å². The highest BCUT2D eigenvalue weighted by atomic mass is 19.1. The molecule has 1 aromatic heterocycles. The lowest BCUT2D eigenvalue weighted by atomic mass is 9.80. The first kappa shape index (κ1) is 26.3. The lowest BCUT2D eigenvalue weighted by Crippen LogP contribution is -2.51. The van der Waals surface area contributed by atoms with Gasteiger partial charge in [0.2, 0.25) is 5.43 Å². The van der Waals surface area contributed by atoms with Crippen molar-refractivity contribution < 1.29 is 28.2 Å². The number of carboxylic acid groups (broad SMARTS) is 1. The van der Waals surface area contributed by atoms with Gasteiger partial charge in [-0.1, -0.05) is 24.3 Å². The lowest BCUT2D eigenvalue weighted by molar-refractivity contribution is 0.0557. The molecule has 2 aliphatic heterocycles. The fourth-order valence-electron chi connectivity index (χ4n) is 5.51. The zero-order chi connectivity index (χ0) is 27.8. The number of fused-ring (bicyclic) bond motifs is 2. The first-order chi connectivity index (χ1) is 18.7. The van der Waals surface area contributed by atoms with Gasteiger partial charge in [-0.2, -0.15) is 5.10 Å². The maximum Gasteiger partial charge on any atom is 0.407 e. The van der Waals surface area contributed by atoms with Crippen LogP contribution in [-0.2, 0) is 0 Å². The summed E-state index contributed by atoms with van der Waals surface area (Å²) in [4.78, 5) is 40.8. The molecule has 3 atom stereocenters. The smallest absolute Gasteiger partial charge is 0.407 e. The van der Waals surface area contributed by atoms with Crippen LogP contribution in [0.3, 0.4) is 0 Å². The number of rotatable bonds is 7. The molecule has 3 aromatic rings. The van der Waals surface area contributed by atoms with E-state index in [0.29, 0.717) is 13.0 Å². The van der Waals surface area contributed by atoms with Crippen molar-refractivity contribution in [2.75, 3.05) is 20.2 Å². The average Bonchev–Trinajstić information content (AvgIpc) is 3.41. The molecule has 0 spiro atoms. The second kappa shape index (κ2) is 10.5. The number of ether oxygens (including phenoxy) is 1. The van der Waals surface area contributed by atoms with E-state index >= 15 is 0 Å². The SMILES string of the molecule is CC(COc1c2n(ncc1=O)[C@@H](C(c1ccc(F)cc1)c1ccc(F)cc1)[C@H]1CCCN1C2=O)N(C)C(=O)O. The molecule has 9 nitrogen and oxygen atoms in total. The number of carbonyl (C=O) groups is 2. The third kappa shape index (κ3) is 4.84. The Morgan fingerprint density at radius 3 is 2.26 bits per heavy atom. The van der Waals surface area contributed by atoms with E-state index in [-0.39, 0.29) is 24.1 Å². The molecule has 1 saturated heterocycles. The molecular weight excluding hydrogens is 510 g/mol. The third-order valence-corrected chi connectivity index (χ3v) is 7.64. The summed E-state index contributed by atoms with van der Waals surface area (Å²) in [6.45, 7) is 1.94. The fourth-order valence-corrected chi connectivity index (χ4v) is 5.51. The zero-order valence-corrected chi connectivity index (χ0v) is 21.5. The van der Waals surface area contributed by atoms with Crippen molar-refractivity contribution in [2.45, 2.75) is 43.8 Å². The van der Waals surface area contributed by atoms with Crippen LogP contribution in [0.4, 0.5) is 13.6 Å². The largest absolute Gasteiger partial charge is 0.485 e. The quantitative estimate of drug-likeness (QED) is 0.490. The lowest BCUT2D eigenvalue weighted by Gasteiger charge is -2.43. The third-order valence-electron chi connectivity index (χ3n) is 7.64. The monoisotopic (exact) mass is 538 g/mol. The molecule has 11 heteroatoms. The fraction of sp³-hybridized carbons (Fsp3) is 0.357. The van der Waals surface area contributed by atoms with Gasteiger partial charge in [-0.05, 0) is 55.2 Å². The Hall–Kier alpha value is -4.28. The van der Waals surface area contributed by atoms with Crippen LogP contribution in [-0.4, -0.2) is 69.0 Å². The Kier molecular flexibility index (Phi) is 7.07. The summed E-state index contributed by atoms with van der Waals surface area (Å²) < 4.78 is 35.1. The highest BCUT2D eigenvalue weighted by Crippen LogP contribution is 2.45. The molecule has 0 bridgehead atoms. The summed E-state index contributed by atoms with van der Waals surface area (Å²) in [5.74, 6) is -1.88.